The standard InChI is InChI=1S/C18H20N4O3S/c1-21(2)26(24,25)16-8-6-14(7-9-16)18(23)19-11-10-15-13-22-12-4-3-5-17(22)20-15/h3-9,12-13H,10-11H2,1-2H3,(H,19,23). The molecule has 1 aromatic carbocycles. The first-order chi connectivity index (χ1) is 12.4. The van der Waals surface area contributed by atoms with Crippen LogP contribution in [0.4, 0.5) is 0 Å². The lowest BCUT2D eigenvalue weighted by atomic mass is 10.2. The van der Waals surface area contributed by atoms with Crippen LogP contribution in [-0.4, -0.2) is 48.7 Å². The van der Waals surface area contributed by atoms with Crippen LogP contribution < -0.4 is 5.32 Å². The lowest BCUT2D eigenvalue weighted by Crippen LogP contribution is -2.26. The minimum atomic E-state index is -3.49. The van der Waals surface area contributed by atoms with Crippen LogP contribution in [0.3, 0.4) is 0 Å². The number of aromatic nitrogens is 2. The summed E-state index contributed by atoms with van der Waals surface area (Å²) in [5, 5.41) is 2.82. The Hall–Kier alpha value is -2.71. The first-order valence-corrected chi connectivity index (χ1v) is 9.55. The third-order valence-electron chi connectivity index (χ3n) is 3.98. The molecule has 0 saturated carbocycles. The van der Waals surface area contributed by atoms with Crippen LogP contribution in [0.25, 0.3) is 5.65 Å². The highest BCUT2D eigenvalue weighted by atomic mass is 32.2. The minimum Gasteiger partial charge on any atom is -0.352 e. The summed E-state index contributed by atoms with van der Waals surface area (Å²) in [6, 6.07) is 11.7. The van der Waals surface area contributed by atoms with Gasteiger partial charge in [-0.05, 0) is 36.4 Å². The van der Waals surface area contributed by atoms with Gasteiger partial charge in [0.25, 0.3) is 5.91 Å². The van der Waals surface area contributed by atoms with Crippen LogP contribution in [0, 0.1) is 0 Å². The molecular formula is C18H20N4O3S. The fourth-order valence-corrected chi connectivity index (χ4v) is 3.40. The van der Waals surface area contributed by atoms with E-state index >= 15 is 0 Å². The molecule has 0 spiro atoms. The molecule has 3 aromatic rings. The van der Waals surface area contributed by atoms with E-state index in [1.807, 2.05) is 35.0 Å². The van der Waals surface area contributed by atoms with Crippen molar-refractivity contribution in [1.29, 1.82) is 0 Å². The van der Waals surface area contributed by atoms with Gasteiger partial charge in [-0.3, -0.25) is 4.79 Å². The number of rotatable bonds is 6. The van der Waals surface area contributed by atoms with Crippen molar-refractivity contribution in [3.05, 3.63) is 66.1 Å². The SMILES string of the molecule is CN(C)S(=O)(=O)c1ccc(C(=O)NCCc2cn3ccccc3n2)cc1. The van der Waals surface area contributed by atoms with Gasteiger partial charge in [-0.1, -0.05) is 6.07 Å². The second-order valence-electron chi connectivity index (χ2n) is 6.02. The monoisotopic (exact) mass is 372 g/mol. The molecule has 0 aliphatic heterocycles. The Morgan fingerprint density at radius 1 is 1.15 bits per heavy atom. The van der Waals surface area contributed by atoms with Crippen molar-refractivity contribution in [2.24, 2.45) is 0 Å². The molecule has 136 valence electrons. The van der Waals surface area contributed by atoms with Crippen LogP contribution in [0.5, 0.6) is 0 Å². The molecule has 2 aromatic heterocycles. The van der Waals surface area contributed by atoms with Crippen molar-refractivity contribution in [2.75, 3.05) is 20.6 Å². The lowest BCUT2D eigenvalue weighted by Gasteiger charge is -2.11. The molecule has 0 aliphatic carbocycles. The number of hydrogen-bond donors (Lipinski definition) is 1. The molecule has 26 heavy (non-hydrogen) atoms. The molecule has 0 radical (unpaired) electrons. The maximum atomic E-state index is 12.2. The summed E-state index contributed by atoms with van der Waals surface area (Å²) in [7, 11) is -0.559. The largest absolute Gasteiger partial charge is 0.352 e. The number of carbonyl (C=O) groups is 1. The van der Waals surface area contributed by atoms with Gasteiger partial charge in [-0.2, -0.15) is 0 Å². The van der Waals surface area contributed by atoms with Crippen LogP contribution in [-0.2, 0) is 16.4 Å². The summed E-state index contributed by atoms with van der Waals surface area (Å²) < 4.78 is 27.1. The summed E-state index contributed by atoms with van der Waals surface area (Å²) >= 11 is 0. The van der Waals surface area contributed by atoms with E-state index in [0.717, 1.165) is 15.6 Å². The fraction of sp³-hybridized carbons (Fsp3) is 0.222. The number of sulfonamides is 1. The molecule has 0 atom stereocenters. The summed E-state index contributed by atoms with van der Waals surface area (Å²) in [5.74, 6) is -0.248. The molecule has 3 rings (SSSR count). The maximum absolute atomic E-state index is 12.2. The van der Waals surface area contributed by atoms with Gasteiger partial charge in [0.1, 0.15) is 5.65 Å². The zero-order valence-electron chi connectivity index (χ0n) is 14.6. The number of imidazole rings is 1. The molecule has 0 fully saturated rings. The summed E-state index contributed by atoms with van der Waals surface area (Å²) in [4.78, 5) is 16.8. The van der Waals surface area contributed by atoms with Gasteiger partial charge in [-0.15, -0.1) is 0 Å². The molecule has 0 aliphatic rings. The van der Waals surface area contributed by atoms with Gasteiger partial charge in [0.05, 0.1) is 10.6 Å². The van der Waals surface area contributed by atoms with Gasteiger partial charge in [0, 0.05) is 45.0 Å². The third kappa shape index (κ3) is 3.76. The molecule has 1 N–H and O–H groups in total. The summed E-state index contributed by atoms with van der Waals surface area (Å²) in [6.07, 6.45) is 4.47. The average molecular weight is 372 g/mol. The Morgan fingerprint density at radius 3 is 2.54 bits per heavy atom. The van der Waals surface area contributed by atoms with Crippen LogP contribution in [0.2, 0.25) is 0 Å². The Balaban J connectivity index is 1.59. The predicted molar refractivity (Wildman–Crippen MR) is 98.5 cm³/mol. The molecule has 0 bridgehead atoms. The highest BCUT2D eigenvalue weighted by Gasteiger charge is 2.17. The molecule has 1 amide bonds. The zero-order chi connectivity index (χ0) is 18.7. The number of nitrogens with one attached hydrogen (secondary N) is 1. The highest BCUT2D eigenvalue weighted by Crippen LogP contribution is 2.14. The molecule has 0 saturated heterocycles. The lowest BCUT2D eigenvalue weighted by molar-refractivity contribution is 0.0954. The van der Waals surface area contributed by atoms with E-state index in [1.165, 1.54) is 38.4 Å². The van der Waals surface area contributed by atoms with Crippen LogP contribution >= 0.6 is 0 Å². The fourth-order valence-electron chi connectivity index (χ4n) is 2.50. The van der Waals surface area contributed by atoms with E-state index in [0.29, 0.717) is 18.5 Å². The van der Waals surface area contributed by atoms with Gasteiger partial charge >= 0.3 is 0 Å². The van der Waals surface area contributed by atoms with Crippen molar-refractivity contribution in [1.82, 2.24) is 19.0 Å². The van der Waals surface area contributed by atoms with Crippen molar-refractivity contribution in [3.63, 3.8) is 0 Å². The Morgan fingerprint density at radius 2 is 1.88 bits per heavy atom. The number of benzene rings is 1. The number of nitrogens with zero attached hydrogens (tertiary/aromatic N) is 3. The number of hydrogen-bond acceptors (Lipinski definition) is 4. The van der Waals surface area contributed by atoms with Gasteiger partial charge in [0.15, 0.2) is 0 Å². The predicted octanol–water partition coefficient (Wildman–Crippen LogP) is 1.56. The Labute approximate surface area is 152 Å². The van der Waals surface area contributed by atoms with E-state index in [4.69, 9.17) is 0 Å². The third-order valence-corrected chi connectivity index (χ3v) is 5.80. The topological polar surface area (TPSA) is 83.8 Å². The van der Waals surface area contributed by atoms with E-state index in [9.17, 15) is 13.2 Å². The second kappa shape index (κ2) is 7.27. The highest BCUT2D eigenvalue weighted by molar-refractivity contribution is 7.89. The maximum Gasteiger partial charge on any atom is 0.251 e. The van der Waals surface area contributed by atoms with Gasteiger partial charge in [-0.25, -0.2) is 17.7 Å². The average Bonchev–Trinajstić information content (AvgIpc) is 3.04. The summed E-state index contributed by atoms with van der Waals surface area (Å²) in [5.41, 5.74) is 2.17. The molecule has 2 heterocycles. The molecule has 7 nitrogen and oxygen atoms in total. The number of fused-ring (bicyclic) bond motifs is 1. The minimum absolute atomic E-state index is 0.156. The molecule has 8 heteroatoms. The Bertz CT molecular complexity index is 991. The smallest absolute Gasteiger partial charge is 0.251 e. The van der Waals surface area contributed by atoms with Crippen molar-refractivity contribution in [3.8, 4) is 0 Å². The van der Waals surface area contributed by atoms with Crippen molar-refractivity contribution >= 4 is 21.6 Å². The normalized spacial score (nSPS) is 11.8. The van der Waals surface area contributed by atoms with E-state index in [2.05, 4.69) is 10.3 Å². The summed E-state index contributed by atoms with van der Waals surface area (Å²) in [6.45, 7) is 0.445. The molecule has 0 unspecified atom stereocenters. The Kier molecular flexibility index (Phi) is 5.06. The van der Waals surface area contributed by atoms with Crippen LogP contribution in [0.1, 0.15) is 16.1 Å². The first kappa shape index (κ1) is 18.1. The molecular weight excluding hydrogens is 352 g/mol. The first-order valence-electron chi connectivity index (χ1n) is 8.11. The van der Waals surface area contributed by atoms with Crippen molar-refractivity contribution in [2.45, 2.75) is 11.3 Å². The quantitative estimate of drug-likeness (QED) is 0.712. The zero-order valence-corrected chi connectivity index (χ0v) is 15.4. The number of carbonyl (C=O) groups excluding carboxylic acids is 1. The van der Waals surface area contributed by atoms with Gasteiger partial charge < -0.3 is 9.72 Å². The van der Waals surface area contributed by atoms with E-state index in [-0.39, 0.29) is 10.8 Å². The van der Waals surface area contributed by atoms with E-state index in [1.54, 1.807) is 0 Å². The number of amides is 1. The second-order valence-corrected chi connectivity index (χ2v) is 8.17. The van der Waals surface area contributed by atoms with Crippen molar-refractivity contribution < 1.29 is 13.2 Å². The van der Waals surface area contributed by atoms with Crippen LogP contribution in [0.15, 0.2) is 59.8 Å². The van der Waals surface area contributed by atoms with Gasteiger partial charge in [0.2, 0.25) is 10.0 Å². The van der Waals surface area contributed by atoms with E-state index < -0.39 is 10.0 Å². The number of pyridine rings is 1.